The van der Waals surface area contributed by atoms with Crippen LogP contribution in [0, 0.1) is 0 Å². The molecule has 4 nitrogen and oxygen atoms in total. The lowest BCUT2D eigenvalue weighted by atomic mass is 10.0. The Hall–Kier alpha value is -3.40. The number of hydrogen-bond acceptors (Lipinski definition) is 2. The minimum atomic E-state index is -0.680. The van der Waals surface area contributed by atoms with Crippen molar-refractivity contribution < 1.29 is 9.59 Å². The van der Waals surface area contributed by atoms with Crippen molar-refractivity contribution in [2.45, 2.75) is 25.8 Å². The Labute approximate surface area is 165 Å². The smallest absolute Gasteiger partial charge is 0.251 e. The maximum absolute atomic E-state index is 13.0. The lowest BCUT2D eigenvalue weighted by molar-refractivity contribution is -0.118. The molecule has 28 heavy (non-hydrogen) atoms. The second kappa shape index (κ2) is 9.51. The molecule has 0 aliphatic carbocycles. The van der Waals surface area contributed by atoms with Gasteiger partial charge in [-0.2, -0.15) is 0 Å². The van der Waals surface area contributed by atoms with Crippen LogP contribution in [0.2, 0.25) is 0 Å². The summed E-state index contributed by atoms with van der Waals surface area (Å²) in [5, 5.41) is 5.82. The zero-order chi connectivity index (χ0) is 19.8. The van der Waals surface area contributed by atoms with E-state index in [4.69, 9.17) is 0 Å². The van der Waals surface area contributed by atoms with Crippen LogP contribution in [0.15, 0.2) is 84.9 Å². The molecule has 3 aromatic rings. The first kappa shape index (κ1) is 19.4. The molecule has 4 heteroatoms. The van der Waals surface area contributed by atoms with Crippen LogP contribution in [0.5, 0.6) is 0 Å². The maximum Gasteiger partial charge on any atom is 0.251 e. The molecule has 0 saturated carbocycles. The van der Waals surface area contributed by atoms with Crippen LogP contribution in [0.25, 0.3) is 0 Å². The highest BCUT2D eigenvalue weighted by molar-refractivity contribution is 6.01. The van der Waals surface area contributed by atoms with Crippen molar-refractivity contribution in [3.63, 3.8) is 0 Å². The highest BCUT2D eigenvalue weighted by Gasteiger charge is 2.22. The van der Waals surface area contributed by atoms with Gasteiger partial charge in [0, 0.05) is 17.7 Å². The number of nitrogens with one attached hydrogen (secondary N) is 2. The Morgan fingerprint density at radius 1 is 0.821 bits per heavy atom. The second-order valence-corrected chi connectivity index (χ2v) is 6.62. The Balaban J connectivity index is 1.78. The molecule has 0 spiro atoms. The fourth-order valence-electron chi connectivity index (χ4n) is 2.99. The van der Waals surface area contributed by atoms with Gasteiger partial charge in [-0.05, 0) is 41.8 Å². The summed E-state index contributed by atoms with van der Waals surface area (Å²) < 4.78 is 0. The molecule has 0 fully saturated rings. The van der Waals surface area contributed by atoms with Gasteiger partial charge in [0.1, 0.15) is 6.04 Å². The van der Waals surface area contributed by atoms with Gasteiger partial charge in [0.15, 0.2) is 0 Å². The molecule has 2 amide bonds. The number of hydrogen-bond donors (Lipinski definition) is 2. The molecular weight excluding hydrogens is 348 g/mol. The van der Waals surface area contributed by atoms with Crippen molar-refractivity contribution in [1.82, 2.24) is 5.32 Å². The topological polar surface area (TPSA) is 58.2 Å². The fourth-order valence-corrected chi connectivity index (χ4v) is 2.99. The summed E-state index contributed by atoms with van der Waals surface area (Å²) in [5.74, 6) is -0.500. The number of amides is 2. The molecule has 1 unspecified atom stereocenters. The van der Waals surface area contributed by atoms with Gasteiger partial charge in [-0.15, -0.1) is 0 Å². The number of anilines is 1. The van der Waals surface area contributed by atoms with Crippen molar-refractivity contribution in [2.75, 3.05) is 5.32 Å². The van der Waals surface area contributed by atoms with E-state index in [0.717, 1.165) is 23.2 Å². The Morgan fingerprint density at radius 3 is 2.14 bits per heavy atom. The standard InChI is InChI=1S/C24H24N2O2/c1-2-18-12-9-15-21(16-18)25-24(28)22(17-19-10-5-3-6-11-19)26-23(27)20-13-7-4-8-14-20/h3-16,22H,2,17H2,1H3,(H,25,28)(H,26,27). The van der Waals surface area contributed by atoms with Crippen LogP contribution in [-0.2, 0) is 17.6 Å². The fraction of sp³-hybridized carbons (Fsp3) is 0.167. The van der Waals surface area contributed by atoms with Crippen molar-refractivity contribution in [2.24, 2.45) is 0 Å². The summed E-state index contributed by atoms with van der Waals surface area (Å²) >= 11 is 0. The number of rotatable bonds is 7. The van der Waals surface area contributed by atoms with Crippen LogP contribution in [0.4, 0.5) is 5.69 Å². The number of benzene rings is 3. The molecule has 0 aliphatic rings. The minimum absolute atomic E-state index is 0.235. The first-order valence-corrected chi connectivity index (χ1v) is 9.45. The molecular formula is C24H24N2O2. The third-order valence-electron chi connectivity index (χ3n) is 4.54. The average molecular weight is 372 g/mol. The number of aryl methyl sites for hydroxylation is 1. The van der Waals surface area contributed by atoms with Gasteiger partial charge in [-0.25, -0.2) is 0 Å². The third kappa shape index (κ3) is 5.30. The van der Waals surface area contributed by atoms with E-state index in [0.29, 0.717) is 12.0 Å². The lowest BCUT2D eigenvalue weighted by Gasteiger charge is -2.19. The van der Waals surface area contributed by atoms with E-state index in [2.05, 4.69) is 17.6 Å². The predicted molar refractivity (Wildman–Crippen MR) is 112 cm³/mol. The van der Waals surface area contributed by atoms with E-state index >= 15 is 0 Å². The van der Waals surface area contributed by atoms with E-state index in [1.807, 2.05) is 60.7 Å². The molecule has 3 rings (SSSR count). The largest absolute Gasteiger partial charge is 0.340 e. The zero-order valence-corrected chi connectivity index (χ0v) is 15.9. The van der Waals surface area contributed by atoms with E-state index < -0.39 is 6.04 Å². The third-order valence-corrected chi connectivity index (χ3v) is 4.54. The summed E-state index contributed by atoms with van der Waals surface area (Å²) in [4.78, 5) is 25.6. The predicted octanol–water partition coefficient (Wildman–Crippen LogP) is 4.23. The van der Waals surface area contributed by atoms with Crippen molar-refractivity contribution in [1.29, 1.82) is 0 Å². The minimum Gasteiger partial charge on any atom is -0.340 e. The first-order valence-electron chi connectivity index (χ1n) is 9.45. The van der Waals surface area contributed by atoms with Crippen molar-refractivity contribution in [3.8, 4) is 0 Å². The lowest BCUT2D eigenvalue weighted by Crippen LogP contribution is -2.45. The van der Waals surface area contributed by atoms with Gasteiger partial charge in [0.05, 0.1) is 0 Å². The van der Waals surface area contributed by atoms with Gasteiger partial charge < -0.3 is 10.6 Å². The Bertz CT molecular complexity index is 924. The molecule has 0 bridgehead atoms. The maximum atomic E-state index is 13.0. The van der Waals surface area contributed by atoms with Gasteiger partial charge in [0.2, 0.25) is 5.91 Å². The summed E-state index contributed by atoms with van der Waals surface area (Å²) in [6, 6.07) is 25.7. The molecule has 1 atom stereocenters. The van der Waals surface area contributed by atoms with Crippen LogP contribution < -0.4 is 10.6 Å². The molecule has 142 valence electrons. The molecule has 0 radical (unpaired) electrons. The second-order valence-electron chi connectivity index (χ2n) is 6.62. The van der Waals surface area contributed by atoms with E-state index in [1.54, 1.807) is 24.3 Å². The van der Waals surface area contributed by atoms with Crippen molar-refractivity contribution >= 4 is 17.5 Å². The highest BCUT2D eigenvalue weighted by Crippen LogP contribution is 2.13. The van der Waals surface area contributed by atoms with Crippen LogP contribution in [-0.4, -0.2) is 17.9 Å². The van der Waals surface area contributed by atoms with Crippen LogP contribution in [0.1, 0.15) is 28.4 Å². The normalized spacial score (nSPS) is 11.5. The average Bonchev–Trinajstić information content (AvgIpc) is 2.74. The summed E-state index contributed by atoms with van der Waals surface area (Å²) in [5.41, 5.74) is 3.39. The highest BCUT2D eigenvalue weighted by atomic mass is 16.2. The number of carbonyl (C=O) groups excluding carboxylic acids is 2. The summed E-state index contributed by atoms with van der Waals surface area (Å²) in [7, 11) is 0. The summed E-state index contributed by atoms with van der Waals surface area (Å²) in [6.45, 7) is 2.07. The van der Waals surface area contributed by atoms with E-state index in [-0.39, 0.29) is 11.8 Å². The molecule has 0 aliphatic heterocycles. The molecule has 0 aromatic heterocycles. The van der Waals surface area contributed by atoms with Crippen molar-refractivity contribution in [3.05, 3.63) is 102 Å². The molecule has 2 N–H and O–H groups in total. The van der Waals surface area contributed by atoms with E-state index in [1.165, 1.54) is 0 Å². The van der Waals surface area contributed by atoms with Crippen LogP contribution in [0.3, 0.4) is 0 Å². The molecule has 3 aromatic carbocycles. The van der Waals surface area contributed by atoms with Gasteiger partial charge in [-0.3, -0.25) is 9.59 Å². The van der Waals surface area contributed by atoms with Gasteiger partial charge >= 0.3 is 0 Å². The zero-order valence-electron chi connectivity index (χ0n) is 15.9. The SMILES string of the molecule is CCc1cccc(NC(=O)C(Cc2ccccc2)NC(=O)c2ccccc2)c1. The monoisotopic (exact) mass is 372 g/mol. The quantitative estimate of drug-likeness (QED) is 0.652. The molecule has 0 heterocycles. The van der Waals surface area contributed by atoms with E-state index in [9.17, 15) is 9.59 Å². The van der Waals surface area contributed by atoms with Gasteiger partial charge in [0.25, 0.3) is 5.91 Å². The van der Waals surface area contributed by atoms with Gasteiger partial charge in [-0.1, -0.05) is 67.6 Å². The van der Waals surface area contributed by atoms with Crippen LogP contribution >= 0.6 is 0 Å². The first-order chi connectivity index (χ1) is 13.7. The molecule has 0 saturated heterocycles. The Morgan fingerprint density at radius 2 is 1.46 bits per heavy atom. The summed E-state index contributed by atoms with van der Waals surface area (Å²) in [6.07, 6.45) is 1.31. The number of carbonyl (C=O) groups is 2. The Kier molecular flexibility index (Phi) is 6.58.